The summed E-state index contributed by atoms with van der Waals surface area (Å²) in [5.74, 6) is 2.70. The van der Waals surface area contributed by atoms with Crippen LogP contribution < -0.4 is 19.7 Å². The molecule has 1 aliphatic rings. The maximum atomic E-state index is 5.35. The second-order valence-electron chi connectivity index (χ2n) is 5.28. The Kier molecular flexibility index (Phi) is 5.27. The molecule has 3 rings (SSSR count). The van der Waals surface area contributed by atoms with E-state index in [1.807, 2.05) is 18.2 Å². The van der Waals surface area contributed by atoms with Crippen molar-refractivity contribution in [2.24, 2.45) is 0 Å². The molecule has 0 spiro atoms. The largest absolute Gasteiger partial charge is 0.493 e. The Labute approximate surface area is 140 Å². The minimum atomic E-state index is 0.494. The smallest absolute Gasteiger partial charge is 0.244 e. The summed E-state index contributed by atoms with van der Waals surface area (Å²) in [5.41, 5.74) is 1.04. The summed E-state index contributed by atoms with van der Waals surface area (Å²) in [7, 11) is 3.24. The molecule has 0 saturated carbocycles. The molecular weight excluding hydrogens is 310 g/mol. The van der Waals surface area contributed by atoms with Crippen LogP contribution in [0.15, 0.2) is 24.4 Å². The van der Waals surface area contributed by atoms with Crippen molar-refractivity contribution in [2.75, 3.05) is 50.7 Å². The van der Waals surface area contributed by atoms with Gasteiger partial charge >= 0.3 is 0 Å². The molecule has 1 fully saturated rings. The van der Waals surface area contributed by atoms with Crippen molar-refractivity contribution in [2.45, 2.75) is 6.54 Å². The zero-order chi connectivity index (χ0) is 16.8. The molecule has 0 aliphatic carbocycles. The number of ether oxygens (including phenoxy) is 3. The van der Waals surface area contributed by atoms with Gasteiger partial charge in [-0.3, -0.25) is 0 Å². The van der Waals surface area contributed by atoms with Crippen LogP contribution in [0.4, 0.5) is 11.8 Å². The zero-order valence-electron chi connectivity index (χ0n) is 13.9. The van der Waals surface area contributed by atoms with Crippen LogP contribution >= 0.6 is 0 Å². The van der Waals surface area contributed by atoms with E-state index >= 15 is 0 Å². The molecule has 1 N–H and O–H groups in total. The van der Waals surface area contributed by atoms with E-state index in [1.54, 1.807) is 20.4 Å². The Morgan fingerprint density at radius 2 is 1.96 bits per heavy atom. The van der Waals surface area contributed by atoms with Gasteiger partial charge in [-0.15, -0.1) is 5.10 Å². The molecule has 0 atom stereocenters. The Morgan fingerprint density at radius 1 is 1.17 bits per heavy atom. The van der Waals surface area contributed by atoms with Gasteiger partial charge in [-0.25, -0.2) is 0 Å². The molecular formula is C16H21N5O3. The van der Waals surface area contributed by atoms with Crippen LogP contribution in [-0.2, 0) is 11.3 Å². The normalized spacial score (nSPS) is 14.3. The van der Waals surface area contributed by atoms with Crippen molar-refractivity contribution in [3.8, 4) is 11.5 Å². The van der Waals surface area contributed by atoms with E-state index in [4.69, 9.17) is 14.2 Å². The summed E-state index contributed by atoms with van der Waals surface area (Å²) in [4.78, 5) is 6.66. The highest BCUT2D eigenvalue weighted by atomic mass is 16.5. The molecule has 2 heterocycles. The van der Waals surface area contributed by atoms with Crippen LogP contribution in [0, 0.1) is 0 Å². The van der Waals surface area contributed by atoms with Crippen LogP contribution in [0.3, 0.4) is 0 Å². The number of rotatable bonds is 6. The fourth-order valence-corrected chi connectivity index (χ4v) is 2.49. The number of nitrogens with zero attached hydrogens (tertiary/aromatic N) is 4. The lowest BCUT2D eigenvalue weighted by Gasteiger charge is -2.27. The molecule has 0 unspecified atom stereocenters. The van der Waals surface area contributed by atoms with Crippen molar-refractivity contribution in [1.29, 1.82) is 0 Å². The van der Waals surface area contributed by atoms with Gasteiger partial charge < -0.3 is 24.4 Å². The van der Waals surface area contributed by atoms with Crippen molar-refractivity contribution in [3.05, 3.63) is 30.0 Å². The molecule has 128 valence electrons. The van der Waals surface area contributed by atoms with E-state index in [9.17, 15) is 0 Å². The van der Waals surface area contributed by atoms with E-state index in [2.05, 4.69) is 25.4 Å². The third-order valence-electron chi connectivity index (χ3n) is 3.78. The van der Waals surface area contributed by atoms with Gasteiger partial charge in [0.2, 0.25) is 5.95 Å². The SMILES string of the molecule is COc1ccc(CNc2nncc(N3CCOCC3)n2)cc1OC. The number of nitrogens with one attached hydrogen (secondary N) is 1. The number of morpholine rings is 1. The number of hydrogen-bond acceptors (Lipinski definition) is 8. The Hall–Kier alpha value is -2.61. The molecule has 1 aliphatic heterocycles. The highest BCUT2D eigenvalue weighted by Gasteiger charge is 2.13. The number of hydrogen-bond donors (Lipinski definition) is 1. The molecule has 24 heavy (non-hydrogen) atoms. The first kappa shape index (κ1) is 16.3. The number of benzene rings is 1. The third kappa shape index (κ3) is 3.83. The number of anilines is 2. The Bertz CT molecular complexity index is 677. The molecule has 8 nitrogen and oxygen atoms in total. The average molecular weight is 331 g/mol. The van der Waals surface area contributed by atoms with E-state index in [1.165, 1.54) is 0 Å². The molecule has 1 aromatic heterocycles. The summed E-state index contributed by atoms with van der Waals surface area (Å²) < 4.78 is 15.9. The molecule has 8 heteroatoms. The predicted octanol–water partition coefficient (Wildman–Crippen LogP) is 1.34. The lowest BCUT2D eigenvalue weighted by Crippen LogP contribution is -2.37. The van der Waals surface area contributed by atoms with Gasteiger partial charge in [-0.1, -0.05) is 6.07 Å². The van der Waals surface area contributed by atoms with E-state index in [-0.39, 0.29) is 0 Å². The van der Waals surface area contributed by atoms with E-state index in [0.717, 1.165) is 24.5 Å². The first-order valence-corrected chi connectivity index (χ1v) is 7.77. The number of methoxy groups -OCH3 is 2. The van der Waals surface area contributed by atoms with Crippen LogP contribution in [0.5, 0.6) is 11.5 Å². The van der Waals surface area contributed by atoms with Crippen molar-refractivity contribution in [1.82, 2.24) is 15.2 Å². The summed E-state index contributed by atoms with van der Waals surface area (Å²) in [5, 5.41) is 11.3. The summed E-state index contributed by atoms with van der Waals surface area (Å²) >= 11 is 0. The van der Waals surface area contributed by atoms with Gasteiger partial charge in [0.25, 0.3) is 0 Å². The van der Waals surface area contributed by atoms with E-state index in [0.29, 0.717) is 37.2 Å². The van der Waals surface area contributed by atoms with Gasteiger partial charge in [-0.05, 0) is 17.7 Å². The van der Waals surface area contributed by atoms with Crippen molar-refractivity contribution < 1.29 is 14.2 Å². The van der Waals surface area contributed by atoms with Crippen LogP contribution in [-0.4, -0.2) is 55.7 Å². The van der Waals surface area contributed by atoms with Gasteiger partial charge in [0.15, 0.2) is 17.3 Å². The topological polar surface area (TPSA) is 81.6 Å². The molecule has 2 aromatic rings. The monoisotopic (exact) mass is 331 g/mol. The van der Waals surface area contributed by atoms with Gasteiger partial charge in [0, 0.05) is 19.6 Å². The lowest BCUT2D eigenvalue weighted by atomic mass is 10.2. The summed E-state index contributed by atoms with van der Waals surface area (Å²) in [6.07, 6.45) is 1.67. The number of aromatic nitrogens is 3. The van der Waals surface area contributed by atoms with Gasteiger partial charge in [0.1, 0.15) is 0 Å². The highest BCUT2D eigenvalue weighted by Crippen LogP contribution is 2.27. The minimum Gasteiger partial charge on any atom is -0.493 e. The highest BCUT2D eigenvalue weighted by molar-refractivity contribution is 5.44. The molecule has 0 amide bonds. The quantitative estimate of drug-likeness (QED) is 0.849. The standard InChI is InChI=1S/C16H21N5O3/c1-22-13-4-3-12(9-14(13)23-2)10-17-16-19-15(11-18-20-16)21-5-7-24-8-6-21/h3-4,9,11H,5-8,10H2,1-2H3,(H,17,19,20). The summed E-state index contributed by atoms with van der Waals surface area (Å²) in [6, 6.07) is 5.76. The lowest BCUT2D eigenvalue weighted by molar-refractivity contribution is 0.122. The average Bonchev–Trinajstić information content (AvgIpc) is 2.67. The molecule has 0 bridgehead atoms. The Balaban J connectivity index is 1.66. The van der Waals surface area contributed by atoms with Gasteiger partial charge in [0.05, 0.1) is 33.6 Å². The molecule has 1 saturated heterocycles. The first-order valence-electron chi connectivity index (χ1n) is 7.77. The van der Waals surface area contributed by atoms with Crippen LogP contribution in [0.1, 0.15) is 5.56 Å². The second-order valence-corrected chi connectivity index (χ2v) is 5.28. The van der Waals surface area contributed by atoms with E-state index < -0.39 is 0 Å². The maximum absolute atomic E-state index is 5.35. The summed E-state index contributed by atoms with van der Waals surface area (Å²) in [6.45, 7) is 3.60. The Morgan fingerprint density at radius 3 is 2.71 bits per heavy atom. The van der Waals surface area contributed by atoms with Crippen molar-refractivity contribution >= 4 is 11.8 Å². The third-order valence-corrected chi connectivity index (χ3v) is 3.78. The second kappa shape index (κ2) is 7.78. The molecule has 1 aromatic carbocycles. The van der Waals surface area contributed by atoms with Crippen molar-refractivity contribution in [3.63, 3.8) is 0 Å². The fourth-order valence-electron chi connectivity index (χ4n) is 2.49. The van der Waals surface area contributed by atoms with Crippen LogP contribution in [0.2, 0.25) is 0 Å². The van der Waals surface area contributed by atoms with Gasteiger partial charge in [-0.2, -0.15) is 10.1 Å². The molecule has 0 radical (unpaired) electrons. The first-order chi connectivity index (χ1) is 11.8. The zero-order valence-corrected chi connectivity index (χ0v) is 13.9. The van der Waals surface area contributed by atoms with Crippen LogP contribution in [0.25, 0.3) is 0 Å². The fraction of sp³-hybridized carbons (Fsp3) is 0.438. The minimum absolute atomic E-state index is 0.494. The predicted molar refractivity (Wildman–Crippen MR) is 89.7 cm³/mol. The maximum Gasteiger partial charge on any atom is 0.244 e.